The summed E-state index contributed by atoms with van der Waals surface area (Å²) in [5.74, 6) is 0.952. The van der Waals surface area contributed by atoms with Crippen LogP contribution in [0.5, 0.6) is 5.75 Å². The Bertz CT molecular complexity index is 459. The Morgan fingerprint density at radius 2 is 2.32 bits per heavy atom. The predicted octanol–water partition coefficient (Wildman–Crippen LogP) is 1.69. The molecule has 1 saturated heterocycles. The number of nitrogens with one attached hydrogen (secondary N) is 1. The van der Waals surface area contributed by atoms with E-state index in [9.17, 15) is 4.79 Å². The molecule has 104 valence electrons. The minimum Gasteiger partial charge on any atom is -0.496 e. The summed E-state index contributed by atoms with van der Waals surface area (Å²) in [5.41, 5.74) is 1.84. The summed E-state index contributed by atoms with van der Waals surface area (Å²) in [4.78, 5) is 13.9. The Morgan fingerprint density at radius 3 is 2.95 bits per heavy atom. The van der Waals surface area contributed by atoms with Crippen molar-refractivity contribution in [3.05, 3.63) is 29.3 Å². The normalized spacial score (nSPS) is 20.3. The van der Waals surface area contributed by atoms with Crippen molar-refractivity contribution in [2.24, 2.45) is 0 Å². The van der Waals surface area contributed by atoms with Crippen LogP contribution in [0.1, 0.15) is 29.8 Å². The molecule has 0 spiro atoms. The number of hydrogen-bond acceptors (Lipinski definition) is 4. The van der Waals surface area contributed by atoms with Crippen molar-refractivity contribution in [2.75, 3.05) is 26.7 Å². The molecule has 1 aromatic rings. The molecule has 0 amide bonds. The third-order valence-electron chi connectivity index (χ3n) is 3.70. The summed E-state index contributed by atoms with van der Waals surface area (Å²) in [5, 5.41) is 3.38. The van der Waals surface area contributed by atoms with E-state index < -0.39 is 0 Å². The molecule has 4 heteroatoms. The number of hydrogen-bond donors (Lipinski definition) is 1. The van der Waals surface area contributed by atoms with Crippen LogP contribution in [0.25, 0.3) is 0 Å². The zero-order chi connectivity index (χ0) is 13.8. The van der Waals surface area contributed by atoms with Gasteiger partial charge in [-0.25, -0.2) is 0 Å². The molecule has 0 unspecified atom stereocenters. The number of ether oxygens (including phenoxy) is 1. The molecule has 19 heavy (non-hydrogen) atoms. The Labute approximate surface area is 114 Å². The molecular formula is C15H22N2O2. The third-order valence-corrected chi connectivity index (χ3v) is 3.70. The van der Waals surface area contributed by atoms with Crippen LogP contribution < -0.4 is 10.1 Å². The fraction of sp³-hybridized carbons (Fsp3) is 0.533. The summed E-state index contributed by atoms with van der Waals surface area (Å²) in [6, 6.07) is 6.17. The van der Waals surface area contributed by atoms with Gasteiger partial charge in [0, 0.05) is 43.3 Å². The molecule has 1 aliphatic rings. The minimum atomic E-state index is 0.0947. The first-order valence-corrected chi connectivity index (χ1v) is 6.74. The lowest BCUT2D eigenvalue weighted by Crippen LogP contribution is -2.49. The van der Waals surface area contributed by atoms with Crippen molar-refractivity contribution in [1.82, 2.24) is 10.2 Å². The molecule has 1 fully saturated rings. The van der Waals surface area contributed by atoms with Gasteiger partial charge in [0.15, 0.2) is 5.78 Å². The van der Waals surface area contributed by atoms with Crippen LogP contribution >= 0.6 is 0 Å². The van der Waals surface area contributed by atoms with Crippen LogP contribution in [-0.2, 0) is 6.54 Å². The quantitative estimate of drug-likeness (QED) is 0.839. The Hall–Kier alpha value is -1.39. The zero-order valence-electron chi connectivity index (χ0n) is 11.9. The highest BCUT2D eigenvalue weighted by atomic mass is 16.5. The number of carbonyl (C=O) groups is 1. The van der Waals surface area contributed by atoms with Crippen LogP contribution in [0.15, 0.2) is 18.2 Å². The number of piperazine rings is 1. The first-order valence-electron chi connectivity index (χ1n) is 6.74. The van der Waals surface area contributed by atoms with E-state index in [1.807, 2.05) is 18.2 Å². The van der Waals surface area contributed by atoms with Gasteiger partial charge in [-0.15, -0.1) is 0 Å². The molecule has 1 N–H and O–H groups in total. The standard InChI is InChI=1S/C15H22N2O2/c1-11-9-16-6-7-17(11)10-14-8-13(12(2)18)4-5-15(14)19-3/h4-5,8,11,16H,6-7,9-10H2,1-3H3/t11-/m1/s1. The SMILES string of the molecule is COc1ccc(C(C)=O)cc1CN1CCNC[C@H]1C. The molecule has 1 atom stereocenters. The van der Waals surface area contributed by atoms with Crippen molar-refractivity contribution in [2.45, 2.75) is 26.4 Å². The van der Waals surface area contributed by atoms with Gasteiger partial charge in [0.1, 0.15) is 5.75 Å². The van der Waals surface area contributed by atoms with E-state index in [-0.39, 0.29) is 5.78 Å². The van der Waals surface area contributed by atoms with E-state index in [4.69, 9.17) is 4.74 Å². The Morgan fingerprint density at radius 1 is 1.53 bits per heavy atom. The first kappa shape index (κ1) is 14.0. The van der Waals surface area contributed by atoms with Gasteiger partial charge in [-0.1, -0.05) is 0 Å². The largest absolute Gasteiger partial charge is 0.496 e. The van der Waals surface area contributed by atoms with Crippen LogP contribution in [-0.4, -0.2) is 43.5 Å². The highest BCUT2D eigenvalue weighted by Crippen LogP contribution is 2.23. The average Bonchev–Trinajstić information content (AvgIpc) is 2.41. The zero-order valence-corrected chi connectivity index (χ0v) is 11.9. The second-order valence-electron chi connectivity index (χ2n) is 5.11. The van der Waals surface area contributed by atoms with E-state index in [1.54, 1.807) is 14.0 Å². The molecule has 1 heterocycles. The van der Waals surface area contributed by atoms with E-state index in [2.05, 4.69) is 17.1 Å². The lowest BCUT2D eigenvalue weighted by atomic mass is 10.1. The second kappa shape index (κ2) is 6.17. The van der Waals surface area contributed by atoms with Crippen molar-refractivity contribution >= 4 is 5.78 Å². The van der Waals surface area contributed by atoms with Crippen LogP contribution in [0.3, 0.4) is 0 Å². The van der Waals surface area contributed by atoms with E-state index >= 15 is 0 Å². The number of carbonyl (C=O) groups excluding carboxylic acids is 1. The lowest BCUT2D eigenvalue weighted by Gasteiger charge is -2.34. The van der Waals surface area contributed by atoms with Gasteiger partial charge in [0.05, 0.1) is 7.11 Å². The number of nitrogens with zero attached hydrogens (tertiary/aromatic N) is 1. The van der Waals surface area contributed by atoms with E-state index in [0.29, 0.717) is 6.04 Å². The maximum absolute atomic E-state index is 11.5. The highest BCUT2D eigenvalue weighted by molar-refractivity contribution is 5.94. The average molecular weight is 262 g/mol. The number of ketones is 1. The first-order chi connectivity index (χ1) is 9.11. The molecule has 4 nitrogen and oxygen atoms in total. The van der Waals surface area contributed by atoms with Crippen molar-refractivity contribution in [1.29, 1.82) is 0 Å². The van der Waals surface area contributed by atoms with Gasteiger partial charge >= 0.3 is 0 Å². The van der Waals surface area contributed by atoms with Gasteiger partial charge < -0.3 is 10.1 Å². The lowest BCUT2D eigenvalue weighted by molar-refractivity contribution is 0.101. The van der Waals surface area contributed by atoms with Gasteiger partial charge in [-0.3, -0.25) is 9.69 Å². The molecule has 0 aromatic heterocycles. The third kappa shape index (κ3) is 3.33. The summed E-state index contributed by atoms with van der Waals surface area (Å²) in [6.45, 7) is 7.68. The molecule has 2 rings (SSSR count). The molecule has 0 radical (unpaired) electrons. The van der Waals surface area contributed by atoms with Crippen LogP contribution in [0, 0.1) is 0 Å². The molecule has 0 saturated carbocycles. The van der Waals surface area contributed by atoms with Gasteiger partial charge in [0.2, 0.25) is 0 Å². The monoisotopic (exact) mass is 262 g/mol. The van der Waals surface area contributed by atoms with Crippen molar-refractivity contribution in [3.8, 4) is 5.75 Å². The minimum absolute atomic E-state index is 0.0947. The maximum atomic E-state index is 11.5. The van der Waals surface area contributed by atoms with Crippen molar-refractivity contribution in [3.63, 3.8) is 0 Å². The molecular weight excluding hydrogens is 240 g/mol. The summed E-state index contributed by atoms with van der Waals surface area (Å²) < 4.78 is 5.40. The molecule has 1 aromatic carbocycles. The predicted molar refractivity (Wildman–Crippen MR) is 75.7 cm³/mol. The summed E-state index contributed by atoms with van der Waals surface area (Å²) in [7, 11) is 1.67. The molecule has 0 aliphatic carbocycles. The molecule has 1 aliphatic heterocycles. The van der Waals surface area contributed by atoms with Crippen molar-refractivity contribution < 1.29 is 9.53 Å². The van der Waals surface area contributed by atoms with Gasteiger partial charge in [-0.05, 0) is 32.0 Å². The highest BCUT2D eigenvalue weighted by Gasteiger charge is 2.19. The summed E-state index contributed by atoms with van der Waals surface area (Å²) in [6.07, 6.45) is 0. The second-order valence-corrected chi connectivity index (χ2v) is 5.11. The van der Waals surface area contributed by atoms with E-state index in [1.165, 1.54) is 0 Å². The number of methoxy groups -OCH3 is 1. The number of Topliss-reactive ketones (excluding diaryl/α,β-unsaturated/α-hetero) is 1. The van der Waals surface area contributed by atoms with Gasteiger partial charge in [0.25, 0.3) is 0 Å². The van der Waals surface area contributed by atoms with Crippen LogP contribution in [0.2, 0.25) is 0 Å². The number of benzene rings is 1. The fourth-order valence-corrected chi connectivity index (χ4v) is 2.46. The van der Waals surface area contributed by atoms with Gasteiger partial charge in [-0.2, -0.15) is 0 Å². The molecule has 0 bridgehead atoms. The van der Waals surface area contributed by atoms with E-state index in [0.717, 1.165) is 43.1 Å². The summed E-state index contributed by atoms with van der Waals surface area (Å²) >= 11 is 0. The number of rotatable bonds is 4. The van der Waals surface area contributed by atoms with Crippen LogP contribution in [0.4, 0.5) is 0 Å². The Kier molecular flexibility index (Phi) is 4.56. The fourth-order valence-electron chi connectivity index (χ4n) is 2.46. The Balaban J connectivity index is 2.21. The smallest absolute Gasteiger partial charge is 0.159 e. The topological polar surface area (TPSA) is 41.6 Å². The maximum Gasteiger partial charge on any atom is 0.159 e.